The second-order valence-corrected chi connectivity index (χ2v) is 3.38. The molecular formula is C9H17N. The van der Waals surface area contributed by atoms with Crippen molar-refractivity contribution in [1.82, 2.24) is 5.32 Å². The highest BCUT2D eigenvalue weighted by Gasteiger charge is 2.18. The number of hydrogen-bond acceptors (Lipinski definition) is 1. The molecule has 10 heavy (non-hydrogen) atoms. The van der Waals surface area contributed by atoms with Gasteiger partial charge in [0, 0.05) is 6.04 Å². The molecule has 0 aromatic rings. The Morgan fingerprint density at radius 1 is 1.60 bits per heavy atom. The van der Waals surface area contributed by atoms with Crippen LogP contribution in [0, 0.1) is 5.92 Å². The normalized spacial score (nSPS) is 25.7. The van der Waals surface area contributed by atoms with E-state index in [1.165, 1.54) is 25.0 Å². The van der Waals surface area contributed by atoms with E-state index in [0.717, 1.165) is 0 Å². The summed E-state index contributed by atoms with van der Waals surface area (Å²) in [5.41, 5.74) is 1.37. The number of nitrogens with one attached hydrogen (secondary N) is 1. The van der Waals surface area contributed by atoms with E-state index in [2.05, 4.69) is 25.7 Å². The van der Waals surface area contributed by atoms with Crippen LogP contribution in [-0.2, 0) is 0 Å². The highest BCUT2D eigenvalue weighted by molar-refractivity contribution is 5.09. The topological polar surface area (TPSA) is 12.0 Å². The maximum Gasteiger partial charge on any atom is 0.0279 e. The first-order chi connectivity index (χ1) is 4.72. The van der Waals surface area contributed by atoms with Crippen molar-refractivity contribution < 1.29 is 0 Å². The van der Waals surface area contributed by atoms with Gasteiger partial charge in [-0.2, -0.15) is 0 Å². The zero-order valence-corrected chi connectivity index (χ0v) is 6.98. The Balaban J connectivity index is 2.40. The second-order valence-electron chi connectivity index (χ2n) is 3.38. The lowest BCUT2D eigenvalue weighted by Crippen LogP contribution is -2.25. The molecule has 1 heterocycles. The fraction of sp³-hybridized carbons (Fsp3) is 0.778. The molecule has 0 spiro atoms. The SMILES string of the molecule is C=C(C(C)C)[C@@H]1CCCN1. The molecule has 0 saturated carbocycles. The van der Waals surface area contributed by atoms with Gasteiger partial charge >= 0.3 is 0 Å². The van der Waals surface area contributed by atoms with Crippen molar-refractivity contribution in [2.45, 2.75) is 32.7 Å². The largest absolute Gasteiger partial charge is 0.310 e. The molecule has 58 valence electrons. The van der Waals surface area contributed by atoms with Gasteiger partial charge in [-0.1, -0.05) is 26.0 Å². The van der Waals surface area contributed by atoms with E-state index in [0.29, 0.717) is 12.0 Å². The molecule has 0 unspecified atom stereocenters. The van der Waals surface area contributed by atoms with Crippen molar-refractivity contribution in [1.29, 1.82) is 0 Å². The third kappa shape index (κ3) is 1.60. The van der Waals surface area contributed by atoms with Crippen LogP contribution in [0.2, 0.25) is 0 Å². The molecule has 1 atom stereocenters. The van der Waals surface area contributed by atoms with E-state index in [9.17, 15) is 0 Å². The van der Waals surface area contributed by atoms with Gasteiger partial charge in [0.1, 0.15) is 0 Å². The van der Waals surface area contributed by atoms with E-state index in [-0.39, 0.29) is 0 Å². The molecule has 1 aliphatic rings. The monoisotopic (exact) mass is 139 g/mol. The fourth-order valence-corrected chi connectivity index (χ4v) is 1.40. The van der Waals surface area contributed by atoms with Gasteiger partial charge in [0.05, 0.1) is 0 Å². The Morgan fingerprint density at radius 2 is 2.30 bits per heavy atom. The van der Waals surface area contributed by atoms with Crippen LogP contribution in [0.3, 0.4) is 0 Å². The summed E-state index contributed by atoms with van der Waals surface area (Å²) >= 11 is 0. The first-order valence-corrected chi connectivity index (χ1v) is 4.14. The van der Waals surface area contributed by atoms with E-state index in [1.54, 1.807) is 0 Å². The van der Waals surface area contributed by atoms with Crippen molar-refractivity contribution in [3.63, 3.8) is 0 Å². The first kappa shape index (κ1) is 7.80. The van der Waals surface area contributed by atoms with Crippen LogP contribution in [0.1, 0.15) is 26.7 Å². The summed E-state index contributed by atoms with van der Waals surface area (Å²) in [6, 6.07) is 0.611. The van der Waals surface area contributed by atoms with E-state index in [4.69, 9.17) is 0 Å². The molecule has 0 amide bonds. The van der Waals surface area contributed by atoms with Gasteiger partial charge in [-0.15, -0.1) is 0 Å². The van der Waals surface area contributed by atoms with Crippen LogP contribution in [0.4, 0.5) is 0 Å². The van der Waals surface area contributed by atoms with Gasteiger partial charge in [-0.3, -0.25) is 0 Å². The van der Waals surface area contributed by atoms with Crippen molar-refractivity contribution in [2.75, 3.05) is 6.54 Å². The van der Waals surface area contributed by atoms with Crippen LogP contribution in [0.5, 0.6) is 0 Å². The predicted octanol–water partition coefficient (Wildman–Crippen LogP) is 1.95. The van der Waals surface area contributed by atoms with Gasteiger partial charge in [0.15, 0.2) is 0 Å². The zero-order valence-electron chi connectivity index (χ0n) is 6.98. The molecular weight excluding hydrogens is 122 g/mol. The van der Waals surface area contributed by atoms with Crippen LogP contribution in [0.25, 0.3) is 0 Å². The van der Waals surface area contributed by atoms with E-state index in [1.807, 2.05) is 0 Å². The highest BCUT2D eigenvalue weighted by atomic mass is 14.9. The number of hydrogen-bond donors (Lipinski definition) is 1. The van der Waals surface area contributed by atoms with Crippen LogP contribution in [0.15, 0.2) is 12.2 Å². The predicted molar refractivity (Wildman–Crippen MR) is 45.0 cm³/mol. The minimum absolute atomic E-state index is 0.611. The molecule has 1 nitrogen and oxygen atoms in total. The fourth-order valence-electron chi connectivity index (χ4n) is 1.40. The Bertz CT molecular complexity index is 121. The van der Waals surface area contributed by atoms with Crippen LogP contribution >= 0.6 is 0 Å². The van der Waals surface area contributed by atoms with Crippen molar-refractivity contribution in [2.24, 2.45) is 5.92 Å². The maximum absolute atomic E-state index is 4.07. The Kier molecular flexibility index (Phi) is 2.50. The smallest absolute Gasteiger partial charge is 0.0279 e. The minimum Gasteiger partial charge on any atom is -0.310 e. The van der Waals surface area contributed by atoms with Crippen molar-refractivity contribution in [3.05, 3.63) is 12.2 Å². The van der Waals surface area contributed by atoms with Crippen molar-refractivity contribution in [3.8, 4) is 0 Å². The molecule has 1 fully saturated rings. The summed E-state index contributed by atoms with van der Waals surface area (Å²) in [6.45, 7) is 9.67. The third-order valence-electron chi connectivity index (χ3n) is 2.25. The van der Waals surface area contributed by atoms with Gasteiger partial charge in [-0.05, 0) is 25.3 Å². The molecule has 1 saturated heterocycles. The first-order valence-electron chi connectivity index (χ1n) is 4.14. The average molecular weight is 139 g/mol. The Labute approximate surface area is 63.5 Å². The second kappa shape index (κ2) is 3.20. The molecule has 1 heteroatoms. The molecule has 0 bridgehead atoms. The Hall–Kier alpha value is -0.300. The lowest BCUT2D eigenvalue weighted by atomic mass is 9.97. The molecule has 1 aliphatic heterocycles. The molecule has 0 radical (unpaired) electrons. The molecule has 1 rings (SSSR count). The van der Waals surface area contributed by atoms with E-state index < -0.39 is 0 Å². The minimum atomic E-state index is 0.611. The summed E-state index contributed by atoms with van der Waals surface area (Å²) < 4.78 is 0. The summed E-state index contributed by atoms with van der Waals surface area (Å²) in [5.74, 6) is 0.635. The van der Waals surface area contributed by atoms with Crippen LogP contribution < -0.4 is 5.32 Å². The standard InChI is InChI=1S/C9H17N/c1-7(2)8(3)9-5-4-6-10-9/h7,9-10H,3-6H2,1-2H3/t9-/m0/s1. The summed E-state index contributed by atoms with van der Waals surface area (Å²) in [6.07, 6.45) is 2.60. The third-order valence-corrected chi connectivity index (χ3v) is 2.25. The lowest BCUT2D eigenvalue weighted by molar-refractivity contribution is 0.602. The van der Waals surface area contributed by atoms with Gasteiger partial charge in [-0.25, -0.2) is 0 Å². The maximum atomic E-state index is 4.07. The molecule has 0 aliphatic carbocycles. The summed E-state index contributed by atoms with van der Waals surface area (Å²) in [5, 5.41) is 3.44. The van der Waals surface area contributed by atoms with Gasteiger partial charge < -0.3 is 5.32 Å². The lowest BCUT2D eigenvalue weighted by Gasteiger charge is -2.16. The summed E-state index contributed by atoms with van der Waals surface area (Å²) in [7, 11) is 0. The zero-order chi connectivity index (χ0) is 7.56. The average Bonchev–Trinajstić information content (AvgIpc) is 2.36. The van der Waals surface area contributed by atoms with Crippen molar-refractivity contribution >= 4 is 0 Å². The molecule has 0 aromatic carbocycles. The van der Waals surface area contributed by atoms with Gasteiger partial charge in [0.25, 0.3) is 0 Å². The molecule has 1 N–H and O–H groups in total. The summed E-state index contributed by atoms with van der Waals surface area (Å²) in [4.78, 5) is 0. The number of rotatable bonds is 2. The van der Waals surface area contributed by atoms with Crippen LogP contribution in [-0.4, -0.2) is 12.6 Å². The quantitative estimate of drug-likeness (QED) is 0.577. The van der Waals surface area contributed by atoms with Gasteiger partial charge in [0.2, 0.25) is 0 Å². The highest BCUT2D eigenvalue weighted by Crippen LogP contribution is 2.18. The van der Waals surface area contributed by atoms with E-state index >= 15 is 0 Å². The Morgan fingerprint density at radius 3 is 2.70 bits per heavy atom. The molecule has 0 aromatic heterocycles.